The summed E-state index contributed by atoms with van der Waals surface area (Å²) in [6.45, 7) is 1.68. The van der Waals surface area contributed by atoms with Crippen molar-refractivity contribution in [2.24, 2.45) is 0 Å². The molecule has 0 aliphatic carbocycles. The van der Waals surface area contributed by atoms with Crippen LogP contribution in [0.1, 0.15) is 23.3 Å². The largest absolute Gasteiger partial charge is 0.478 e. The van der Waals surface area contributed by atoms with Gasteiger partial charge in [-0.05, 0) is 41.1 Å². The molecule has 0 radical (unpaired) electrons. The molecule has 1 heterocycles. The van der Waals surface area contributed by atoms with Gasteiger partial charge in [-0.15, -0.1) is 0 Å². The fraction of sp³-hybridized carbons (Fsp3) is 0.154. The molecular formula is C13H12BrN3O3. The van der Waals surface area contributed by atoms with Crippen molar-refractivity contribution < 1.29 is 14.7 Å². The molecule has 0 bridgehead atoms. The van der Waals surface area contributed by atoms with Crippen molar-refractivity contribution in [3.63, 3.8) is 0 Å². The zero-order valence-electron chi connectivity index (χ0n) is 10.6. The lowest BCUT2D eigenvalue weighted by Gasteiger charge is -2.15. The maximum Gasteiger partial charge on any atom is 0.337 e. The highest BCUT2D eigenvalue weighted by Gasteiger charge is 2.20. The van der Waals surface area contributed by atoms with Crippen LogP contribution in [0.3, 0.4) is 0 Å². The summed E-state index contributed by atoms with van der Waals surface area (Å²) >= 11 is 3.24. The van der Waals surface area contributed by atoms with Crippen molar-refractivity contribution in [2.45, 2.75) is 13.0 Å². The SMILES string of the molecule is CC(C(=O)Nc1c(Br)cccc1C(=O)O)n1cccn1. The lowest BCUT2D eigenvalue weighted by atomic mass is 10.1. The van der Waals surface area contributed by atoms with Gasteiger partial charge in [-0.2, -0.15) is 5.10 Å². The Morgan fingerprint density at radius 1 is 1.40 bits per heavy atom. The van der Waals surface area contributed by atoms with Gasteiger partial charge in [-0.25, -0.2) is 4.79 Å². The molecule has 1 amide bonds. The highest BCUT2D eigenvalue weighted by Crippen LogP contribution is 2.27. The summed E-state index contributed by atoms with van der Waals surface area (Å²) < 4.78 is 2.01. The summed E-state index contributed by atoms with van der Waals surface area (Å²) in [6, 6.07) is 5.87. The van der Waals surface area contributed by atoms with E-state index in [0.29, 0.717) is 4.47 Å². The highest BCUT2D eigenvalue weighted by molar-refractivity contribution is 9.10. The van der Waals surface area contributed by atoms with Gasteiger partial charge in [0.1, 0.15) is 6.04 Å². The summed E-state index contributed by atoms with van der Waals surface area (Å²) in [5.41, 5.74) is 0.268. The molecule has 1 atom stereocenters. The smallest absolute Gasteiger partial charge is 0.337 e. The summed E-state index contributed by atoms with van der Waals surface area (Å²) in [5, 5.41) is 15.7. The van der Waals surface area contributed by atoms with Gasteiger partial charge in [0.25, 0.3) is 0 Å². The van der Waals surface area contributed by atoms with E-state index in [0.717, 1.165) is 0 Å². The molecule has 6 nitrogen and oxygen atoms in total. The number of carboxylic acid groups (broad SMARTS) is 1. The number of carbonyl (C=O) groups excluding carboxylic acids is 1. The Kier molecular flexibility index (Phi) is 4.19. The summed E-state index contributed by atoms with van der Waals surface area (Å²) in [7, 11) is 0. The Morgan fingerprint density at radius 2 is 2.15 bits per heavy atom. The lowest BCUT2D eigenvalue weighted by molar-refractivity contribution is -0.119. The van der Waals surface area contributed by atoms with Crippen LogP contribution >= 0.6 is 15.9 Å². The number of nitrogens with one attached hydrogen (secondary N) is 1. The van der Waals surface area contributed by atoms with E-state index in [-0.39, 0.29) is 17.2 Å². The molecule has 0 saturated heterocycles. The number of carboxylic acids is 1. The minimum absolute atomic E-state index is 0.0281. The van der Waals surface area contributed by atoms with E-state index >= 15 is 0 Å². The van der Waals surface area contributed by atoms with Gasteiger partial charge in [0.15, 0.2) is 0 Å². The number of rotatable bonds is 4. The van der Waals surface area contributed by atoms with E-state index in [4.69, 9.17) is 5.11 Å². The van der Waals surface area contributed by atoms with Crippen molar-refractivity contribution in [3.8, 4) is 0 Å². The van der Waals surface area contributed by atoms with Gasteiger partial charge < -0.3 is 10.4 Å². The zero-order valence-corrected chi connectivity index (χ0v) is 12.2. The molecule has 1 aromatic heterocycles. The predicted molar refractivity (Wildman–Crippen MR) is 76.7 cm³/mol. The Hall–Kier alpha value is -2.15. The number of carbonyl (C=O) groups is 2. The van der Waals surface area contributed by atoms with Crippen molar-refractivity contribution in [3.05, 3.63) is 46.7 Å². The van der Waals surface area contributed by atoms with Gasteiger partial charge >= 0.3 is 5.97 Å². The molecule has 2 N–H and O–H groups in total. The number of para-hydroxylation sites is 1. The van der Waals surface area contributed by atoms with E-state index in [1.165, 1.54) is 10.7 Å². The summed E-state index contributed by atoms with van der Waals surface area (Å²) in [4.78, 5) is 23.3. The highest BCUT2D eigenvalue weighted by atomic mass is 79.9. The van der Waals surface area contributed by atoms with Crippen LogP contribution in [-0.4, -0.2) is 26.8 Å². The first-order valence-corrected chi connectivity index (χ1v) is 6.62. The molecule has 0 aliphatic heterocycles. The molecule has 0 aliphatic rings. The van der Waals surface area contributed by atoms with Crippen LogP contribution in [0.15, 0.2) is 41.1 Å². The Morgan fingerprint density at radius 3 is 2.75 bits per heavy atom. The van der Waals surface area contributed by atoms with Crippen LogP contribution in [-0.2, 0) is 4.79 Å². The first-order chi connectivity index (χ1) is 9.50. The number of amides is 1. The van der Waals surface area contributed by atoms with Crippen LogP contribution in [0.25, 0.3) is 0 Å². The van der Waals surface area contributed by atoms with Crippen molar-refractivity contribution in [1.82, 2.24) is 9.78 Å². The first-order valence-electron chi connectivity index (χ1n) is 5.82. The van der Waals surface area contributed by atoms with Gasteiger partial charge in [0.2, 0.25) is 5.91 Å². The van der Waals surface area contributed by atoms with Gasteiger partial charge in [-0.1, -0.05) is 6.07 Å². The molecule has 20 heavy (non-hydrogen) atoms. The number of aromatic carboxylic acids is 1. The Balaban J connectivity index is 2.26. The molecule has 7 heteroatoms. The molecule has 2 aromatic rings. The fourth-order valence-electron chi connectivity index (χ4n) is 1.69. The average Bonchev–Trinajstić information content (AvgIpc) is 2.93. The summed E-state index contributed by atoms with van der Waals surface area (Å²) in [5.74, 6) is -1.45. The first kappa shape index (κ1) is 14.3. The second-order valence-corrected chi connectivity index (χ2v) is 4.97. The maximum absolute atomic E-state index is 12.2. The number of hydrogen-bond donors (Lipinski definition) is 2. The Bertz CT molecular complexity index is 640. The third-order valence-corrected chi connectivity index (χ3v) is 3.45. The quantitative estimate of drug-likeness (QED) is 0.897. The number of hydrogen-bond acceptors (Lipinski definition) is 3. The van der Waals surface area contributed by atoms with Crippen molar-refractivity contribution >= 4 is 33.5 Å². The molecule has 104 valence electrons. The average molecular weight is 338 g/mol. The monoisotopic (exact) mass is 337 g/mol. The van der Waals surface area contributed by atoms with E-state index < -0.39 is 12.0 Å². The normalized spacial score (nSPS) is 11.9. The van der Waals surface area contributed by atoms with Gasteiger partial charge in [0, 0.05) is 16.9 Å². The molecule has 0 saturated carbocycles. The predicted octanol–water partition coefficient (Wildman–Crippen LogP) is 2.54. The van der Waals surface area contributed by atoms with Crippen molar-refractivity contribution in [1.29, 1.82) is 0 Å². The number of anilines is 1. The van der Waals surface area contributed by atoms with E-state index in [1.807, 2.05) is 0 Å². The van der Waals surface area contributed by atoms with Crippen LogP contribution in [0.4, 0.5) is 5.69 Å². The molecule has 1 unspecified atom stereocenters. The third kappa shape index (κ3) is 2.88. The van der Waals surface area contributed by atoms with Crippen LogP contribution in [0, 0.1) is 0 Å². The lowest BCUT2D eigenvalue weighted by Crippen LogP contribution is -2.25. The number of aromatic nitrogens is 2. The van der Waals surface area contributed by atoms with Crippen LogP contribution in [0.2, 0.25) is 0 Å². The minimum Gasteiger partial charge on any atom is -0.478 e. The molecule has 0 fully saturated rings. The van der Waals surface area contributed by atoms with E-state index in [1.54, 1.807) is 37.5 Å². The topological polar surface area (TPSA) is 84.2 Å². The summed E-state index contributed by atoms with van der Waals surface area (Å²) in [6.07, 6.45) is 3.24. The van der Waals surface area contributed by atoms with Gasteiger partial charge in [-0.3, -0.25) is 9.48 Å². The van der Waals surface area contributed by atoms with Crippen molar-refractivity contribution in [2.75, 3.05) is 5.32 Å². The third-order valence-electron chi connectivity index (χ3n) is 2.79. The minimum atomic E-state index is -1.10. The van der Waals surface area contributed by atoms with Gasteiger partial charge in [0.05, 0.1) is 11.3 Å². The fourth-order valence-corrected chi connectivity index (χ4v) is 2.15. The molecular weight excluding hydrogens is 326 g/mol. The second kappa shape index (κ2) is 5.87. The molecule has 1 aromatic carbocycles. The Labute approximate surface area is 123 Å². The number of nitrogens with zero attached hydrogens (tertiary/aromatic N) is 2. The van der Waals surface area contributed by atoms with E-state index in [9.17, 15) is 9.59 Å². The standard InChI is InChI=1S/C13H12BrN3O3/c1-8(17-7-3-6-15-17)12(18)16-11-9(13(19)20)4-2-5-10(11)14/h2-8H,1H3,(H,16,18)(H,19,20). The number of halogens is 1. The van der Waals surface area contributed by atoms with E-state index in [2.05, 4.69) is 26.3 Å². The van der Waals surface area contributed by atoms with Crippen LogP contribution < -0.4 is 5.32 Å². The maximum atomic E-state index is 12.2. The zero-order chi connectivity index (χ0) is 14.7. The number of benzene rings is 1. The molecule has 2 rings (SSSR count). The second-order valence-electron chi connectivity index (χ2n) is 4.12. The van der Waals surface area contributed by atoms with Crippen LogP contribution in [0.5, 0.6) is 0 Å². The molecule has 0 spiro atoms.